The van der Waals surface area contributed by atoms with E-state index in [0.717, 1.165) is 36.1 Å². The lowest BCUT2D eigenvalue weighted by Gasteiger charge is -2.35. The van der Waals surface area contributed by atoms with E-state index in [4.69, 9.17) is 10.8 Å². The molecule has 8 N–H and O–H groups in total. The van der Waals surface area contributed by atoms with E-state index in [9.17, 15) is 25.2 Å². The molecule has 3 aromatic heterocycles. The van der Waals surface area contributed by atoms with Gasteiger partial charge in [0.05, 0.1) is 25.8 Å². The SMILES string of the molecule is CCn1c(CN(C=O)c2nc3cc[nH]c3nc2N)[n+](CC)c2ccc(C3CCN(C[C@H](O)[C@@H](O)[C@H](O)[C@H](O)CO)CC3)cc21. The molecule has 0 radical (unpaired) electrons. The number of nitrogen functional groups attached to an aromatic ring is 1. The third-order valence-electron chi connectivity index (χ3n) is 8.77. The van der Waals surface area contributed by atoms with Crippen LogP contribution in [0.1, 0.15) is 44.0 Å². The number of imidazole rings is 1. The van der Waals surface area contributed by atoms with Gasteiger partial charge in [0.15, 0.2) is 28.3 Å². The molecular formula is C30H43N8O6+. The molecule has 4 heterocycles. The van der Waals surface area contributed by atoms with Crippen LogP contribution >= 0.6 is 0 Å². The zero-order valence-electron chi connectivity index (χ0n) is 25.1. The van der Waals surface area contributed by atoms with Gasteiger partial charge in [-0.15, -0.1) is 0 Å². The number of rotatable bonds is 13. The maximum Gasteiger partial charge on any atom is 0.277 e. The summed E-state index contributed by atoms with van der Waals surface area (Å²) >= 11 is 0. The van der Waals surface area contributed by atoms with Gasteiger partial charge >= 0.3 is 0 Å². The minimum absolute atomic E-state index is 0.153. The van der Waals surface area contributed by atoms with Gasteiger partial charge in [0.2, 0.25) is 6.41 Å². The number of aromatic amines is 1. The Morgan fingerprint density at radius 1 is 1.11 bits per heavy atom. The Kier molecular flexibility index (Phi) is 9.78. The maximum absolute atomic E-state index is 12.3. The summed E-state index contributed by atoms with van der Waals surface area (Å²) < 4.78 is 4.42. The van der Waals surface area contributed by atoms with Crippen LogP contribution in [0.25, 0.3) is 22.2 Å². The van der Waals surface area contributed by atoms with E-state index < -0.39 is 31.0 Å². The van der Waals surface area contributed by atoms with E-state index in [0.29, 0.717) is 49.1 Å². The van der Waals surface area contributed by atoms with Gasteiger partial charge < -0.3 is 41.2 Å². The van der Waals surface area contributed by atoms with Crippen molar-refractivity contribution in [1.82, 2.24) is 24.4 Å². The highest BCUT2D eigenvalue weighted by molar-refractivity contribution is 5.84. The minimum atomic E-state index is -1.63. The van der Waals surface area contributed by atoms with Crippen LogP contribution in [0.3, 0.4) is 0 Å². The number of nitrogens with two attached hydrogens (primary N) is 1. The smallest absolute Gasteiger partial charge is 0.277 e. The molecule has 1 saturated heterocycles. The number of piperidine rings is 1. The summed E-state index contributed by atoms with van der Waals surface area (Å²) in [5.74, 6) is 1.73. The van der Waals surface area contributed by atoms with Crippen molar-refractivity contribution in [2.24, 2.45) is 0 Å². The number of hydrogen-bond donors (Lipinski definition) is 7. The van der Waals surface area contributed by atoms with Gasteiger partial charge in [0, 0.05) is 12.7 Å². The first-order chi connectivity index (χ1) is 21.2. The number of likely N-dealkylation sites (tertiary alicyclic amines) is 1. The second-order valence-corrected chi connectivity index (χ2v) is 11.4. The van der Waals surface area contributed by atoms with Crippen molar-refractivity contribution in [1.29, 1.82) is 0 Å². The van der Waals surface area contributed by atoms with Crippen LogP contribution in [0.5, 0.6) is 0 Å². The first-order valence-corrected chi connectivity index (χ1v) is 15.1. The van der Waals surface area contributed by atoms with Gasteiger partial charge in [-0.1, -0.05) is 6.07 Å². The zero-order chi connectivity index (χ0) is 31.5. The summed E-state index contributed by atoms with van der Waals surface area (Å²) in [6.45, 7) is 6.67. The number of β-amino-alcohol motifs (C(OH)–C–C–N with tert-alkyl or cyclic N) is 1. The van der Waals surface area contributed by atoms with E-state index in [2.05, 4.69) is 56.1 Å². The number of carbonyl (C=O) groups excluding carboxylic acids is 1. The summed E-state index contributed by atoms with van der Waals surface area (Å²) in [5.41, 5.74) is 10.7. The summed E-state index contributed by atoms with van der Waals surface area (Å²) in [5, 5.41) is 49.1. The molecule has 0 saturated carbocycles. The van der Waals surface area contributed by atoms with Crippen LogP contribution in [0.4, 0.5) is 11.6 Å². The molecule has 0 bridgehead atoms. The summed E-state index contributed by atoms with van der Waals surface area (Å²) in [7, 11) is 0. The topological polar surface area (TPSA) is 201 Å². The van der Waals surface area contributed by atoms with Crippen molar-refractivity contribution in [3.63, 3.8) is 0 Å². The molecule has 14 heteroatoms. The Labute approximate surface area is 255 Å². The van der Waals surface area contributed by atoms with E-state index in [-0.39, 0.29) is 18.9 Å². The normalized spacial score (nSPS) is 17.6. The van der Waals surface area contributed by atoms with Crippen molar-refractivity contribution in [2.75, 3.05) is 36.9 Å². The number of carbonyl (C=O) groups is 1. The number of aryl methyl sites for hydroxylation is 2. The molecule has 0 aliphatic carbocycles. The van der Waals surface area contributed by atoms with E-state index in [1.165, 1.54) is 10.5 Å². The van der Waals surface area contributed by atoms with Gasteiger partial charge in [-0.05, 0) is 69.5 Å². The average molecular weight is 612 g/mol. The number of aromatic nitrogens is 5. The first kappa shape index (κ1) is 31.8. The molecule has 1 aliphatic heterocycles. The fourth-order valence-electron chi connectivity index (χ4n) is 6.32. The number of anilines is 2. The molecule has 1 aromatic carbocycles. The highest BCUT2D eigenvalue weighted by Crippen LogP contribution is 2.31. The number of aliphatic hydroxyl groups excluding tert-OH is 5. The minimum Gasteiger partial charge on any atom is -0.394 e. The van der Waals surface area contributed by atoms with Crippen LogP contribution in [0.2, 0.25) is 0 Å². The van der Waals surface area contributed by atoms with Gasteiger partial charge in [-0.3, -0.25) is 9.69 Å². The summed E-state index contributed by atoms with van der Waals surface area (Å²) in [4.78, 5) is 27.8. The number of amides is 1. The Bertz CT molecular complexity index is 1580. The number of hydrogen-bond acceptors (Lipinski definition) is 10. The second kappa shape index (κ2) is 13.5. The standard InChI is InChI=1S/C30H43N8O6/c1-3-37-21-6-5-19(18-8-11-35(12-9-18)14-23(41)26(43)27(44)24(42)16-39)13-22(21)38(4-2)25(37)15-36(17-40)30-28(31)34-29-20(33-30)7-10-32-29/h5-7,10,13,17-18,23-24,26-27,39,41-44H,3-4,8-9,11-12,14-16H2,1-2H3,(H3,31,32,34)/q+1/t23-,24+,26+,27+/m0/s1. The van der Waals surface area contributed by atoms with Gasteiger partial charge in [-0.2, -0.15) is 0 Å². The quantitative estimate of drug-likeness (QED) is 0.0771. The Hall–Kier alpha value is -3.66. The van der Waals surface area contributed by atoms with Crippen LogP contribution < -0.4 is 15.2 Å². The van der Waals surface area contributed by atoms with E-state index >= 15 is 0 Å². The Morgan fingerprint density at radius 2 is 1.84 bits per heavy atom. The van der Waals surface area contributed by atoms with Crippen molar-refractivity contribution >= 4 is 40.2 Å². The summed E-state index contributed by atoms with van der Waals surface area (Å²) in [6.07, 6.45) is -1.80. The fourth-order valence-corrected chi connectivity index (χ4v) is 6.32. The van der Waals surface area contributed by atoms with Crippen molar-refractivity contribution in [3.05, 3.63) is 41.9 Å². The van der Waals surface area contributed by atoms with Crippen LogP contribution in [0, 0.1) is 0 Å². The number of fused-ring (bicyclic) bond motifs is 2. The number of H-pyrrole nitrogens is 1. The van der Waals surface area contributed by atoms with Crippen LogP contribution in [0.15, 0.2) is 30.5 Å². The van der Waals surface area contributed by atoms with Crippen molar-refractivity contribution in [3.8, 4) is 0 Å². The number of benzene rings is 1. The predicted molar refractivity (Wildman–Crippen MR) is 164 cm³/mol. The van der Waals surface area contributed by atoms with Gasteiger partial charge in [0.1, 0.15) is 30.4 Å². The lowest BCUT2D eigenvalue weighted by atomic mass is 9.89. The largest absolute Gasteiger partial charge is 0.394 e. The lowest BCUT2D eigenvalue weighted by molar-refractivity contribution is -0.676. The molecule has 5 rings (SSSR count). The van der Waals surface area contributed by atoms with E-state index in [1.54, 1.807) is 12.3 Å². The molecular weight excluding hydrogens is 568 g/mol. The third-order valence-corrected chi connectivity index (χ3v) is 8.77. The fraction of sp³-hybridized carbons (Fsp3) is 0.533. The molecule has 4 aromatic rings. The number of aliphatic hydroxyl groups is 5. The highest BCUT2D eigenvalue weighted by atomic mass is 16.4. The van der Waals surface area contributed by atoms with Crippen LogP contribution in [-0.2, 0) is 24.4 Å². The molecule has 0 unspecified atom stereocenters. The molecule has 1 amide bonds. The zero-order valence-corrected chi connectivity index (χ0v) is 25.1. The first-order valence-electron chi connectivity index (χ1n) is 15.1. The van der Waals surface area contributed by atoms with Crippen LogP contribution in [-0.4, -0.2) is 107 Å². The molecule has 238 valence electrons. The lowest BCUT2D eigenvalue weighted by Crippen LogP contribution is -2.50. The Balaban J connectivity index is 1.34. The summed E-state index contributed by atoms with van der Waals surface area (Å²) in [6, 6.07) is 8.31. The molecule has 44 heavy (non-hydrogen) atoms. The average Bonchev–Trinajstić information content (AvgIpc) is 3.62. The predicted octanol–water partition coefficient (Wildman–Crippen LogP) is -0.400. The van der Waals surface area contributed by atoms with Crippen molar-refractivity contribution in [2.45, 2.75) is 76.7 Å². The number of nitrogens with one attached hydrogen (secondary N) is 1. The van der Waals surface area contributed by atoms with Gasteiger partial charge in [0.25, 0.3) is 5.82 Å². The molecule has 1 fully saturated rings. The molecule has 0 spiro atoms. The van der Waals surface area contributed by atoms with Gasteiger partial charge in [-0.25, -0.2) is 19.1 Å². The Morgan fingerprint density at radius 3 is 2.50 bits per heavy atom. The second-order valence-electron chi connectivity index (χ2n) is 11.4. The molecule has 14 nitrogen and oxygen atoms in total. The van der Waals surface area contributed by atoms with Crippen molar-refractivity contribution < 1.29 is 34.9 Å². The monoisotopic (exact) mass is 611 g/mol. The number of nitrogens with zero attached hydrogens (tertiary/aromatic N) is 6. The van der Waals surface area contributed by atoms with E-state index in [1.807, 2.05) is 4.90 Å². The highest BCUT2D eigenvalue weighted by Gasteiger charge is 2.33. The molecule has 1 aliphatic rings. The third kappa shape index (κ3) is 6.14. The molecule has 4 atom stereocenters. The maximum atomic E-state index is 12.3.